The van der Waals surface area contributed by atoms with Crippen molar-refractivity contribution in [1.82, 2.24) is 0 Å². The number of ether oxygens (including phenoxy) is 6. The summed E-state index contributed by atoms with van der Waals surface area (Å²) in [6, 6.07) is 53.7. The van der Waals surface area contributed by atoms with E-state index in [-0.39, 0.29) is 26.4 Å². The molecule has 6 aromatic rings. The summed E-state index contributed by atoms with van der Waals surface area (Å²) in [4.78, 5) is 0. The summed E-state index contributed by atoms with van der Waals surface area (Å²) < 4.78 is 39.7. The second-order valence-electron chi connectivity index (χ2n) is 13.9. The molecule has 8 heteroatoms. The Labute approximate surface area is 334 Å². The molecule has 7 rings (SSSR count). The van der Waals surface area contributed by atoms with Crippen molar-refractivity contribution in [3.63, 3.8) is 0 Å². The van der Waals surface area contributed by atoms with Gasteiger partial charge in [-0.1, -0.05) is 151 Å². The predicted molar refractivity (Wildman–Crippen MR) is 217 cm³/mol. The fourth-order valence-corrected chi connectivity index (χ4v) is 7.27. The number of aliphatic hydroxyl groups excluding tert-OH is 1. The Kier molecular flexibility index (Phi) is 13.6. The molecule has 7 nitrogen and oxygen atoms in total. The van der Waals surface area contributed by atoms with Gasteiger partial charge in [0.15, 0.2) is 0 Å². The van der Waals surface area contributed by atoms with Crippen LogP contribution < -0.4 is 4.74 Å². The molecule has 6 aromatic carbocycles. The Balaban J connectivity index is 1.22. The molecule has 0 saturated carbocycles. The van der Waals surface area contributed by atoms with E-state index in [1.165, 1.54) is 0 Å². The van der Waals surface area contributed by atoms with Gasteiger partial charge in [-0.15, -0.1) is 0 Å². The van der Waals surface area contributed by atoms with Crippen molar-refractivity contribution < 1.29 is 33.5 Å². The number of halogens is 1. The van der Waals surface area contributed by atoms with Crippen molar-refractivity contribution in [1.29, 1.82) is 0 Å². The van der Waals surface area contributed by atoms with Crippen LogP contribution in [0.3, 0.4) is 0 Å². The van der Waals surface area contributed by atoms with Gasteiger partial charge in [-0.25, -0.2) is 0 Å². The summed E-state index contributed by atoms with van der Waals surface area (Å²) in [5.41, 5.74) is 6.63. The second kappa shape index (κ2) is 19.4. The van der Waals surface area contributed by atoms with Gasteiger partial charge in [0.1, 0.15) is 36.8 Å². The molecule has 0 radical (unpaired) electrons. The van der Waals surface area contributed by atoms with Gasteiger partial charge >= 0.3 is 0 Å². The molecule has 56 heavy (non-hydrogen) atoms. The number of aliphatic hydroxyl groups is 1. The molecule has 1 aliphatic rings. The van der Waals surface area contributed by atoms with E-state index in [9.17, 15) is 5.11 Å². The van der Waals surface area contributed by atoms with Gasteiger partial charge in [-0.2, -0.15) is 0 Å². The van der Waals surface area contributed by atoms with Crippen molar-refractivity contribution in [2.45, 2.75) is 63.1 Å². The molecular weight excluding hydrogens is 724 g/mol. The van der Waals surface area contributed by atoms with Crippen molar-refractivity contribution in [3.05, 3.63) is 208 Å². The number of hydrogen-bond donors (Lipinski definition) is 1. The third-order valence-electron chi connectivity index (χ3n) is 10.0. The highest BCUT2D eigenvalue weighted by molar-refractivity contribution is 6.31. The number of rotatable bonds is 17. The molecule has 1 heterocycles. The van der Waals surface area contributed by atoms with Crippen LogP contribution in [0.1, 0.15) is 38.9 Å². The lowest BCUT2D eigenvalue weighted by Gasteiger charge is -2.52. The van der Waals surface area contributed by atoms with Gasteiger partial charge in [-0.05, 0) is 64.1 Å². The first kappa shape index (κ1) is 39.4. The maximum absolute atomic E-state index is 11.0. The highest BCUT2D eigenvalue weighted by atomic mass is 35.5. The minimum atomic E-state index is -1.52. The van der Waals surface area contributed by atoms with Crippen molar-refractivity contribution in [2.24, 2.45) is 0 Å². The molecule has 1 N–H and O–H groups in total. The zero-order valence-corrected chi connectivity index (χ0v) is 32.2. The maximum atomic E-state index is 11.0. The maximum Gasteiger partial charge on any atom is 0.225 e. The smallest absolute Gasteiger partial charge is 0.225 e. The van der Waals surface area contributed by atoms with E-state index in [4.69, 9.17) is 40.0 Å². The van der Waals surface area contributed by atoms with Crippen LogP contribution in [-0.2, 0) is 62.3 Å². The molecule has 0 amide bonds. The number of methoxy groups -OCH3 is 1. The standard InChI is InChI=1S/C48H47ClO7/c1-51-48(41-24-27-43(49)40(29-41)28-35-22-25-42(26-23-35)52-31-36-14-6-2-7-15-36)47(55-34-39-20-12-5-13-21-39)46(54-33-38-18-10-4-11-19-38)45(44(30-50)56-48)53-32-37-16-8-3-9-17-37/h2-27,29,44-47,50H,28,30-34H2,1H3/t44-,45+,46+,47-,48+/m1/s1. The van der Waals surface area contributed by atoms with Crippen molar-refractivity contribution >= 4 is 11.6 Å². The monoisotopic (exact) mass is 770 g/mol. The minimum absolute atomic E-state index is 0.250. The van der Waals surface area contributed by atoms with Crippen LogP contribution in [0.5, 0.6) is 5.75 Å². The Hall–Kier alpha value is -4.83. The van der Waals surface area contributed by atoms with Gasteiger partial charge in [0.25, 0.3) is 0 Å². The molecule has 1 fully saturated rings. The Morgan fingerprint density at radius 3 is 1.59 bits per heavy atom. The summed E-state index contributed by atoms with van der Waals surface area (Å²) >= 11 is 6.90. The minimum Gasteiger partial charge on any atom is -0.489 e. The Morgan fingerprint density at radius 1 is 0.571 bits per heavy atom. The molecule has 288 valence electrons. The molecule has 0 unspecified atom stereocenters. The van der Waals surface area contributed by atoms with E-state index in [1.807, 2.05) is 164 Å². The zero-order chi connectivity index (χ0) is 38.6. The average molecular weight is 771 g/mol. The van der Waals surface area contributed by atoms with E-state index >= 15 is 0 Å². The molecule has 0 spiro atoms. The van der Waals surface area contributed by atoms with Crippen LogP contribution in [0.25, 0.3) is 0 Å². The molecular formula is C48H47ClO7. The topological polar surface area (TPSA) is 75.6 Å². The van der Waals surface area contributed by atoms with Crippen molar-refractivity contribution in [2.75, 3.05) is 13.7 Å². The largest absolute Gasteiger partial charge is 0.489 e. The summed E-state index contributed by atoms with van der Waals surface area (Å²) in [6.45, 7) is 0.948. The van der Waals surface area contributed by atoms with Crippen LogP contribution in [-0.4, -0.2) is 43.2 Å². The van der Waals surface area contributed by atoms with E-state index < -0.39 is 30.2 Å². The summed E-state index contributed by atoms with van der Waals surface area (Å²) in [6.07, 6.45) is -2.60. The third kappa shape index (κ3) is 9.75. The first-order chi connectivity index (χ1) is 27.5. The van der Waals surface area contributed by atoms with E-state index in [0.717, 1.165) is 39.1 Å². The van der Waals surface area contributed by atoms with Crippen molar-refractivity contribution in [3.8, 4) is 5.75 Å². The van der Waals surface area contributed by atoms with Crippen LogP contribution in [0.2, 0.25) is 5.02 Å². The second-order valence-corrected chi connectivity index (χ2v) is 14.3. The van der Waals surface area contributed by atoms with Crippen LogP contribution in [0.15, 0.2) is 164 Å². The number of hydrogen-bond acceptors (Lipinski definition) is 7. The Morgan fingerprint density at radius 2 is 1.07 bits per heavy atom. The van der Waals surface area contributed by atoms with Gasteiger partial charge in [0, 0.05) is 17.7 Å². The van der Waals surface area contributed by atoms with E-state index in [2.05, 4.69) is 0 Å². The fraction of sp³-hybridized carbons (Fsp3) is 0.250. The SMILES string of the molecule is CO[C@@]1(c2ccc(Cl)c(Cc3ccc(OCc4ccccc4)cc3)c2)O[C@H](CO)[C@H](OCc2ccccc2)[C@H](OCc2ccccc2)[C@H]1OCc1ccccc1. The third-order valence-corrected chi connectivity index (χ3v) is 10.4. The normalized spacial score (nSPS) is 20.8. The van der Waals surface area contributed by atoms with Gasteiger partial charge in [0.2, 0.25) is 5.79 Å². The van der Waals surface area contributed by atoms with Gasteiger partial charge in [0.05, 0.1) is 26.4 Å². The fourth-order valence-electron chi connectivity index (χ4n) is 7.09. The predicted octanol–water partition coefficient (Wildman–Crippen LogP) is 9.46. The van der Waals surface area contributed by atoms with Crippen LogP contribution in [0, 0.1) is 0 Å². The summed E-state index contributed by atoms with van der Waals surface area (Å²) in [5.74, 6) is -0.740. The van der Waals surface area contributed by atoms with Gasteiger partial charge < -0.3 is 33.5 Å². The lowest BCUT2D eigenvalue weighted by Crippen LogP contribution is -2.66. The average Bonchev–Trinajstić information content (AvgIpc) is 3.26. The molecule has 1 aliphatic heterocycles. The summed E-state index contributed by atoms with van der Waals surface area (Å²) in [5, 5.41) is 11.6. The number of benzene rings is 6. The lowest BCUT2D eigenvalue weighted by atomic mass is 9.86. The lowest BCUT2D eigenvalue weighted by molar-refractivity contribution is -0.384. The summed E-state index contributed by atoms with van der Waals surface area (Å²) in [7, 11) is 1.59. The highest BCUT2D eigenvalue weighted by Crippen LogP contribution is 2.44. The first-order valence-electron chi connectivity index (χ1n) is 18.9. The Bertz CT molecular complexity index is 2070. The zero-order valence-electron chi connectivity index (χ0n) is 31.4. The molecule has 0 aliphatic carbocycles. The molecule has 0 bridgehead atoms. The molecule has 5 atom stereocenters. The van der Waals surface area contributed by atoms with Gasteiger partial charge in [-0.3, -0.25) is 0 Å². The first-order valence-corrected chi connectivity index (χ1v) is 19.3. The molecule has 0 aromatic heterocycles. The van der Waals surface area contributed by atoms with E-state index in [0.29, 0.717) is 23.6 Å². The van der Waals surface area contributed by atoms with Crippen LogP contribution >= 0.6 is 11.6 Å². The molecule has 1 saturated heterocycles. The van der Waals surface area contributed by atoms with Crippen LogP contribution in [0.4, 0.5) is 0 Å². The van der Waals surface area contributed by atoms with E-state index in [1.54, 1.807) is 7.11 Å². The highest BCUT2D eigenvalue weighted by Gasteiger charge is 2.58. The quantitative estimate of drug-likeness (QED) is 0.0991.